The van der Waals surface area contributed by atoms with Crippen LogP contribution in [0.3, 0.4) is 0 Å². The van der Waals surface area contributed by atoms with Crippen molar-refractivity contribution in [3.63, 3.8) is 0 Å². The first-order valence-electron chi connectivity index (χ1n) is 6.73. The van der Waals surface area contributed by atoms with Gasteiger partial charge in [0.05, 0.1) is 17.6 Å². The van der Waals surface area contributed by atoms with Gasteiger partial charge >= 0.3 is 0 Å². The number of aromatic nitrogens is 2. The van der Waals surface area contributed by atoms with E-state index in [2.05, 4.69) is 9.71 Å². The van der Waals surface area contributed by atoms with E-state index in [9.17, 15) is 12.8 Å². The summed E-state index contributed by atoms with van der Waals surface area (Å²) in [7, 11) is -2.20. The number of imidazole rings is 1. The van der Waals surface area contributed by atoms with Crippen LogP contribution in [-0.4, -0.2) is 18.0 Å². The first-order chi connectivity index (χ1) is 10.9. The molecular formula is C15H13ClFN3O2S. The molecule has 0 saturated carbocycles. The van der Waals surface area contributed by atoms with Gasteiger partial charge in [-0.2, -0.15) is 0 Å². The van der Waals surface area contributed by atoms with Gasteiger partial charge in [0.1, 0.15) is 16.5 Å². The molecule has 1 aromatic heterocycles. The van der Waals surface area contributed by atoms with Gasteiger partial charge in [-0.15, -0.1) is 0 Å². The Morgan fingerprint density at radius 2 is 2.00 bits per heavy atom. The predicted molar refractivity (Wildman–Crippen MR) is 86.1 cm³/mol. The van der Waals surface area contributed by atoms with Gasteiger partial charge < -0.3 is 4.57 Å². The number of para-hydroxylation sites is 2. The highest BCUT2D eigenvalue weighted by atomic mass is 35.5. The summed E-state index contributed by atoms with van der Waals surface area (Å²) in [5, 5.41) is 0.136. The van der Waals surface area contributed by atoms with Gasteiger partial charge in [0.25, 0.3) is 0 Å². The van der Waals surface area contributed by atoms with Crippen molar-refractivity contribution in [2.45, 2.75) is 11.4 Å². The molecule has 5 nitrogen and oxygen atoms in total. The van der Waals surface area contributed by atoms with E-state index in [0.29, 0.717) is 5.82 Å². The zero-order chi connectivity index (χ0) is 16.6. The number of nitrogens with zero attached hydrogens (tertiary/aromatic N) is 2. The fraction of sp³-hybridized carbons (Fsp3) is 0.133. The summed E-state index contributed by atoms with van der Waals surface area (Å²) in [5.74, 6) is -0.362. The highest BCUT2D eigenvalue weighted by molar-refractivity contribution is 7.89. The standard InChI is InChI=1S/C15H13ClFN3O2S/c1-20-13-5-3-2-4-12(13)19-15(20)9-18-23(21,22)14-7-6-10(16)8-11(14)17/h2-8,18H,9H2,1H3. The average Bonchev–Trinajstić information content (AvgIpc) is 2.82. The lowest BCUT2D eigenvalue weighted by Gasteiger charge is -2.08. The van der Waals surface area contributed by atoms with Crippen LogP contribution in [0.1, 0.15) is 5.82 Å². The van der Waals surface area contributed by atoms with E-state index < -0.39 is 20.7 Å². The molecule has 0 unspecified atom stereocenters. The average molecular weight is 354 g/mol. The van der Waals surface area contributed by atoms with Gasteiger partial charge in [-0.25, -0.2) is 22.5 Å². The second-order valence-electron chi connectivity index (χ2n) is 4.98. The molecule has 2 aromatic carbocycles. The Kier molecular flexibility index (Phi) is 4.09. The van der Waals surface area contributed by atoms with E-state index >= 15 is 0 Å². The largest absolute Gasteiger partial charge is 0.330 e. The Labute approximate surface area is 137 Å². The summed E-state index contributed by atoms with van der Waals surface area (Å²) in [6, 6.07) is 10.9. The number of benzene rings is 2. The van der Waals surface area contributed by atoms with E-state index in [1.54, 1.807) is 11.6 Å². The highest BCUT2D eigenvalue weighted by Gasteiger charge is 2.20. The molecule has 0 atom stereocenters. The second kappa shape index (κ2) is 5.92. The lowest BCUT2D eigenvalue weighted by molar-refractivity contribution is 0.554. The number of aryl methyl sites for hydroxylation is 1. The molecule has 0 bridgehead atoms. The van der Waals surface area contributed by atoms with Crippen LogP contribution < -0.4 is 4.72 Å². The molecule has 0 saturated heterocycles. The molecule has 0 aliphatic carbocycles. The lowest BCUT2D eigenvalue weighted by Crippen LogP contribution is -2.25. The molecule has 0 aliphatic rings. The third-order valence-electron chi connectivity index (χ3n) is 3.48. The van der Waals surface area contributed by atoms with E-state index in [0.717, 1.165) is 23.2 Å². The molecule has 23 heavy (non-hydrogen) atoms. The molecule has 3 aromatic rings. The number of hydrogen-bond acceptors (Lipinski definition) is 3. The molecule has 8 heteroatoms. The Hall–Kier alpha value is -1.96. The Morgan fingerprint density at radius 3 is 2.70 bits per heavy atom. The number of hydrogen-bond donors (Lipinski definition) is 1. The van der Waals surface area contributed by atoms with Crippen LogP contribution in [0.4, 0.5) is 4.39 Å². The summed E-state index contributed by atoms with van der Waals surface area (Å²) >= 11 is 5.64. The van der Waals surface area contributed by atoms with Crippen molar-refractivity contribution < 1.29 is 12.8 Å². The van der Waals surface area contributed by atoms with Crippen molar-refractivity contribution in [1.82, 2.24) is 14.3 Å². The zero-order valence-corrected chi connectivity index (χ0v) is 13.7. The van der Waals surface area contributed by atoms with Crippen LogP contribution in [0.2, 0.25) is 5.02 Å². The third-order valence-corrected chi connectivity index (χ3v) is 5.15. The minimum absolute atomic E-state index is 0.0461. The minimum atomic E-state index is -4.00. The quantitative estimate of drug-likeness (QED) is 0.784. The molecular weight excluding hydrogens is 341 g/mol. The summed E-state index contributed by atoms with van der Waals surface area (Å²) in [5.41, 5.74) is 1.65. The van der Waals surface area contributed by atoms with Crippen LogP contribution >= 0.6 is 11.6 Å². The normalized spacial score (nSPS) is 12.0. The van der Waals surface area contributed by atoms with Gasteiger partial charge in [0, 0.05) is 12.1 Å². The number of halogens is 2. The maximum absolute atomic E-state index is 13.8. The predicted octanol–water partition coefficient (Wildman–Crippen LogP) is 2.84. The van der Waals surface area contributed by atoms with Crippen LogP contribution in [0.25, 0.3) is 11.0 Å². The van der Waals surface area contributed by atoms with Gasteiger partial charge in [-0.05, 0) is 30.3 Å². The van der Waals surface area contributed by atoms with Crippen molar-refractivity contribution in [2.75, 3.05) is 0 Å². The summed E-state index contributed by atoms with van der Waals surface area (Å²) in [6.07, 6.45) is 0. The summed E-state index contributed by atoms with van der Waals surface area (Å²) in [6.45, 7) is -0.0461. The minimum Gasteiger partial charge on any atom is -0.330 e. The molecule has 0 spiro atoms. The maximum Gasteiger partial charge on any atom is 0.243 e. The van der Waals surface area contributed by atoms with E-state index in [1.807, 2.05) is 24.3 Å². The molecule has 3 rings (SSSR count). The maximum atomic E-state index is 13.8. The summed E-state index contributed by atoms with van der Waals surface area (Å²) < 4.78 is 42.4. The monoisotopic (exact) mass is 353 g/mol. The second-order valence-corrected chi connectivity index (χ2v) is 7.15. The molecule has 120 valence electrons. The van der Waals surface area contributed by atoms with Crippen molar-refractivity contribution in [2.24, 2.45) is 7.05 Å². The van der Waals surface area contributed by atoms with Gasteiger partial charge in [0.2, 0.25) is 10.0 Å². The van der Waals surface area contributed by atoms with Gasteiger partial charge in [-0.1, -0.05) is 23.7 Å². The first-order valence-corrected chi connectivity index (χ1v) is 8.59. The Morgan fingerprint density at radius 1 is 1.26 bits per heavy atom. The fourth-order valence-corrected chi connectivity index (χ4v) is 3.48. The molecule has 0 fully saturated rings. The molecule has 0 amide bonds. The third kappa shape index (κ3) is 3.08. The summed E-state index contributed by atoms with van der Waals surface area (Å²) in [4.78, 5) is 3.92. The van der Waals surface area contributed by atoms with E-state index in [-0.39, 0.29) is 11.6 Å². The first kappa shape index (κ1) is 15.9. The van der Waals surface area contributed by atoms with E-state index in [1.165, 1.54) is 6.07 Å². The van der Waals surface area contributed by atoms with Crippen molar-refractivity contribution >= 4 is 32.7 Å². The zero-order valence-electron chi connectivity index (χ0n) is 12.1. The van der Waals surface area contributed by atoms with Crippen molar-refractivity contribution in [1.29, 1.82) is 0 Å². The van der Waals surface area contributed by atoms with Crippen LogP contribution in [-0.2, 0) is 23.6 Å². The molecule has 1 heterocycles. The topological polar surface area (TPSA) is 64.0 Å². The highest BCUT2D eigenvalue weighted by Crippen LogP contribution is 2.19. The van der Waals surface area contributed by atoms with Crippen LogP contribution in [0.15, 0.2) is 47.4 Å². The molecule has 1 N–H and O–H groups in total. The van der Waals surface area contributed by atoms with Gasteiger partial charge in [0.15, 0.2) is 0 Å². The number of rotatable bonds is 4. The fourth-order valence-electron chi connectivity index (χ4n) is 2.28. The lowest BCUT2D eigenvalue weighted by atomic mass is 10.3. The van der Waals surface area contributed by atoms with E-state index in [4.69, 9.17) is 11.6 Å². The number of fused-ring (bicyclic) bond motifs is 1. The van der Waals surface area contributed by atoms with Crippen molar-refractivity contribution in [3.05, 3.63) is 59.1 Å². The Bertz CT molecular complexity index is 986. The Balaban J connectivity index is 1.87. The molecule has 0 radical (unpaired) electrons. The smallest absolute Gasteiger partial charge is 0.243 e. The van der Waals surface area contributed by atoms with Crippen LogP contribution in [0, 0.1) is 5.82 Å². The number of nitrogens with one attached hydrogen (secondary N) is 1. The SMILES string of the molecule is Cn1c(CNS(=O)(=O)c2ccc(Cl)cc2F)nc2ccccc21. The van der Waals surface area contributed by atoms with Gasteiger partial charge in [-0.3, -0.25) is 0 Å². The van der Waals surface area contributed by atoms with Crippen LogP contribution in [0.5, 0.6) is 0 Å². The number of sulfonamides is 1. The van der Waals surface area contributed by atoms with Crippen molar-refractivity contribution in [3.8, 4) is 0 Å². The molecule has 0 aliphatic heterocycles.